The van der Waals surface area contributed by atoms with Crippen LogP contribution >= 0.6 is 0 Å². The molecule has 3 fully saturated rings. The summed E-state index contributed by atoms with van der Waals surface area (Å²) in [6.07, 6.45) is 16.0. The van der Waals surface area contributed by atoms with Crippen molar-refractivity contribution in [3.05, 3.63) is 0 Å². The Labute approximate surface area is 119 Å². The lowest BCUT2D eigenvalue weighted by atomic mass is 9.93. The van der Waals surface area contributed by atoms with Gasteiger partial charge < -0.3 is 10.6 Å². The molecule has 1 heterocycles. The molecule has 2 heteroatoms. The molecule has 19 heavy (non-hydrogen) atoms. The first-order chi connectivity index (χ1) is 9.43. The van der Waals surface area contributed by atoms with E-state index in [-0.39, 0.29) is 0 Å². The molecular weight excluding hydrogens is 232 g/mol. The fourth-order valence-electron chi connectivity index (χ4n) is 4.78. The molecule has 0 spiro atoms. The van der Waals surface area contributed by atoms with Gasteiger partial charge in [0.05, 0.1) is 0 Å². The van der Waals surface area contributed by atoms with E-state index >= 15 is 0 Å². The van der Waals surface area contributed by atoms with Crippen molar-refractivity contribution in [3.63, 3.8) is 0 Å². The van der Waals surface area contributed by atoms with Crippen molar-refractivity contribution < 1.29 is 0 Å². The summed E-state index contributed by atoms with van der Waals surface area (Å²) < 4.78 is 0. The first-order valence-corrected chi connectivity index (χ1v) is 8.90. The van der Waals surface area contributed by atoms with Gasteiger partial charge in [-0.2, -0.15) is 0 Å². The second kappa shape index (κ2) is 7.08. The summed E-state index contributed by atoms with van der Waals surface area (Å²) in [6, 6.07) is 1.65. The van der Waals surface area contributed by atoms with Crippen LogP contribution in [0.4, 0.5) is 0 Å². The van der Waals surface area contributed by atoms with Crippen LogP contribution in [0.15, 0.2) is 0 Å². The third-order valence-corrected chi connectivity index (χ3v) is 5.86. The van der Waals surface area contributed by atoms with E-state index in [4.69, 9.17) is 0 Å². The SMILES string of the molecule is C1CCC(CCCNC2CCCC2C2CCCN2)C1. The largest absolute Gasteiger partial charge is 0.314 e. The summed E-state index contributed by atoms with van der Waals surface area (Å²) in [5, 5.41) is 7.62. The van der Waals surface area contributed by atoms with Gasteiger partial charge in [-0.05, 0) is 63.5 Å². The summed E-state index contributed by atoms with van der Waals surface area (Å²) >= 11 is 0. The monoisotopic (exact) mass is 264 g/mol. The predicted octanol–water partition coefficient (Wildman–Crippen LogP) is 3.47. The standard InChI is InChI=1S/C17H32N2/c1-2-7-14(6-1)8-4-12-18-16-10-3-9-15(16)17-11-5-13-19-17/h14-19H,1-13H2. The van der Waals surface area contributed by atoms with E-state index in [2.05, 4.69) is 10.6 Å². The maximum Gasteiger partial charge on any atom is 0.0111 e. The topological polar surface area (TPSA) is 24.1 Å². The van der Waals surface area contributed by atoms with Crippen molar-refractivity contribution in [2.45, 2.75) is 82.7 Å². The van der Waals surface area contributed by atoms with Gasteiger partial charge >= 0.3 is 0 Å². The van der Waals surface area contributed by atoms with Crippen LogP contribution in [-0.4, -0.2) is 25.2 Å². The molecule has 0 bridgehead atoms. The van der Waals surface area contributed by atoms with Crippen LogP contribution in [0.3, 0.4) is 0 Å². The Morgan fingerprint density at radius 3 is 2.58 bits per heavy atom. The molecule has 2 aliphatic carbocycles. The molecule has 1 saturated heterocycles. The molecule has 3 aliphatic rings. The van der Waals surface area contributed by atoms with Crippen LogP contribution in [0, 0.1) is 11.8 Å². The lowest BCUT2D eigenvalue weighted by Gasteiger charge is -2.26. The first kappa shape index (κ1) is 13.9. The van der Waals surface area contributed by atoms with E-state index in [1.54, 1.807) is 0 Å². The van der Waals surface area contributed by atoms with Gasteiger partial charge in [-0.25, -0.2) is 0 Å². The molecule has 3 rings (SSSR count). The first-order valence-electron chi connectivity index (χ1n) is 8.90. The summed E-state index contributed by atoms with van der Waals surface area (Å²) in [6.45, 7) is 2.53. The van der Waals surface area contributed by atoms with Crippen LogP contribution in [0.1, 0.15) is 70.6 Å². The highest BCUT2D eigenvalue weighted by Gasteiger charge is 2.34. The van der Waals surface area contributed by atoms with Gasteiger partial charge in [0.25, 0.3) is 0 Å². The van der Waals surface area contributed by atoms with Crippen LogP contribution < -0.4 is 10.6 Å². The van der Waals surface area contributed by atoms with Gasteiger partial charge in [0.2, 0.25) is 0 Å². The van der Waals surface area contributed by atoms with Crippen molar-refractivity contribution in [2.24, 2.45) is 11.8 Å². The number of hydrogen-bond donors (Lipinski definition) is 2. The average Bonchev–Trinajstić information content (AvgIpc) is 3.15. The molecule has 0 aromatic carbocycles. The highest BCUT2D eigenvalue weighted by Crippen LogP contribution is 2.32. The van der Waals surface area contributed by atoms with E-state index in [1.807, 2.05) is 0 Å². The van der Waals surface area contributed by atoms with Gasteiger partial charge in [-0.3, -0.25) is 0 Å². The molecule has 2 saturated carbocycles. The highest BCUT2D eigenvalue weighted by atomic mass is 15.0. The number of rotatable bonds is 6. The zero-order chi connectivity index (χ0) is 12.9. The Hall–Kier alpha value is -0.0800. The maximum absolute atomic E-state index is 3.89. The van der Waals surface area contributed by atoms with E-state index in [1.165, 1.54) is 83.7 Å². The molecule has 0 aromatic rings. The minimum Gasteiger partial charge on any atom is -0.314 e. The Morgan fingerprint density at radius 2 is 1.79 bits per heavy atom. The third kappa shape index (κ3) is 3.72. The van der Waals surface area contributed by atoms with Crippen LogP contribution in [0.25, 0.3) is 0 Å². The van der Waals surface area contributed by atoms with Gasteiger partial charge in [-0.15, -0.1) is 0 Å². The highest BCUT2D eigenvalue weighted by molar-refractivity contribution is 4.93. The summed E-state index contributed by atoms with van der Waals surface area (Å²) in [4.78, 5) is 0. The van der Waals surface area contributed by atoms with Gasteiger partial charge in [0.1, 0.15) is 0 Å². The van der Waals surface area contributed by atoms with Crippen molar-refractivity contribution in [2.75, 3.05) is 13.1 Å². The molecular formula is C17H32N2. The average molecular weight is 264 g/mol. The molecule has 0 aromatic heterocycles. The number of nitrogens with one attached hydrogen (secondary N) is 2. The fraction of sp³-hybridized carbons (Fsp3) is 1.00. The molecule has 3 unspecified atom stereocenters. The fourth-order valence-corrected chi connectivity index (χ4v) is 4.78. The molecule has 3 atom stereocenters. The number of hydrogen-bond acceptors (Lipinski definition) is 2. The van der Waals surface area contributed by atoms with Gasteiger partial charge in [0, 0.05) is 12.1 Å². The molecule has 2 nitrogen and oxygen atoms in total. The summed E-state index contributed by atoms with van der Waals surface area (Å²) in [7, 11) is 0. The minimum absolute atomic E-state index is 0.819. The van der Waals surface area contributed by atoms with E-state index < -0.39 is 0 Å². The lowest BCUT2D eigenvalue weighted by molar-refractivity contribution is 0.316. The molecule has 1 aliphatic heterocycles. The van der Waals surface area contributed by atoms with Crippen molar-refractivity contribution in [1.82, 2.24) is 10.6 Å². The zero-order valence-electron chi connectivity index (χ0n) is 12.5. The zero-order valence-corrected chi connectivity index (χ0v) is 12.5. The van der Waals surface area contributed by atoms with Gasteiger partial charge in [-0.1, -0.05) is 32.1 Å². The van der Waals surface area contributed by atoms with Crippen molar-refractivity contribution >= 4 is 0 Å². The minimum atomic E-state index is 0.819. The third-order valence-electron chi connectivity index (χ3n) is 5.86. The summed E-state index contributed by atoms with van der Waals surface area (Å²) in [5.41, 5.74) is 0. The Morgan fingerprint density at radius 1 is 0.895 bits per heavy atom. The van der Waals surface area contributed by atoms with E-state index in [0.29, 0.717) is 0 Å². The molecule has 0 radical (unpaired) electrons. The quantitative estimate of drug-likeness (QED) is 0.718. The molecule has 2 N–H and O–H groups in total. The Balaban J connectivity index is 1.34. The predicted molar refractivity (Wildman–Crippen MR) is 81.3 cm³/mol. The second-order valence-corrected chi connectivity index (χ2v) is 7.15. The molecule has 110 valence electrons. The summed E-state index contributed by atoms with van der Waals surface area (Å²) in [5.74, 6) is 1.99. The van der Waals surface area contributed by atoms with Crippen LogP contribution in [-0.2, 0) is 0 Å². The van der Waals surface area contributed by atoms with Crippen molar-refractivity contribution in [1.29, 1.82) is 0 Å². The molecule has 0 amide bonds. The lowest BCUT2D eigenvalue weighted by Crippen LogP contribution is -2.42. The second-order valence-electron chi connectivity index (χ2n) is 7.15. The van der Waals surface area contributed by atoms with Gasteiger partial charge in [0.15, 0.2) is 0 Å². The van der Waals surface area contributed by atoms with Crippen molar-refractivity contribution in [3.8, 4) is 0 Å². The van der Waals surface area contributed by atoms with Crippen LogP contribution in [0.5, 0.6) is 0 Å². The van der Waals surface area contributed by atoms with E-state index in [0.717, 1.165) is 23.9 Å². The maximum atomic E-state index is 3.89. The normalized spacial score (nSPS) is 36.3. The Kier molecular flexibility index (Phi) is 5.17. The Bertz CT molecular complexity index is 254. The smallest absolute Gasteiger partial charge is 0.0111 e. The van der Waals surface area contributed by atoms with E-state index in [9.17, 15) is 0 Å². The van der Waals surface area contributed by atoms with Crippen LogP contribution in [0.2, 0.25) is 0 Å².